The Morgan fingerprint density at radius 1 is 1.06 bits per heavy atom. The van der Waals surface area contributed by atoms with Crippen LogP contribution in [0.1, 0.15) is 5.56 Å². The Kier molecular flexibility index (Phi) is 9.58. The first-order chi connectivity index (χ1) is 16.2. The van der Waals surface area contributed by atoms with Crippen molar-refractivity contribution in [3.8, 4) is 12.3 Å². The van der Waals surface area contributed by atoms with Gasteiger partial charge in [-0.05, 0) is 0 Å². The topological polar surface area (TPSA) is 183 Å². The molecule has 0 aromatic heterocycles. The van der Waals surface area contributed by atoms with Gasteiger partial charge in [-0.1, -0.05) is 5.92 Å². The summed E-state index contributed by atoms with van der Waals surface area (Å²) in [5, 5.41) is 14.5. The number of nitrogens with one attached hydrogen (secondary N) is 1. The molecule has 0 radical (unpaired) electrons. The second kappa shape index (κ2) is 11.6. The largest absolute Gasteiger partial charge is 0.365 e. The third-order valence-electron chi connectivity index (χ3n) is 4.75. The van der Waals surface area contributed by atoms with E-state index in [0.717, 1.165) is 28.9 Å². The van der Waals surface area contributed by atoms with Crippen molar-refractivity contribution in [1.82, 2.24) is 9.62 Å². The van der Waals surface area contributed by atoms with E-state index >= 15 is 0 Å². The summed E-state index contributed by atoms with van der Waals surface area (Å²) in [4.78, 5) is 11.5. The Labute approximate surface area is 204 Å². The number of hydrogen-bond donors (Lipinski definition) is 1. The van der Waals surface area contributed by atoms with Crippen LogP contribution in [-0.4, -0.2) is 99.5 Å². The van der Waals surface area contributed by atoms with Crippen LogP contribution in [-0.2, 0) is 38.6 Å². The van der Waals surface area contributed by atoms with E-state index in [-0.39, 0.29) is 37.4 Å². The van der Waals surface area contributed by atoms with Crippen LogP contribution >= 0.6 is 0 Å². The molecule has 1 aromatic carbocycles. The van der Waals surface area contributed by atoms with Gasteiger partial charge in [0.05, 0.1) is 41.9 Å². The van der Waals surface area contributed by atoms with Crippen LogP contribution in [0.4, 0.5) is 11.4 Å². The maximum atomic E-state index is 13.5. The molecule has 0 saturated carbocycles. The lowest BCUT2D eigenvalue weighted by atomic mass is 10.1. The molecule has 35 heavy (non-hydrogen) atoms. The molecule has 0 atom stereocenters. The molecule has 0 amide bonds. The first kappa shape index (κ1) is 28.9. The van der Waals surface area contributed by atoms with Crippen molar-refractivity contribution >= 4 is 41.6 Å². The normalized spacial score (nSPS) is 15.5. The second-order valence-electron chi connectivity index (χ2n) is 7.43. The van der Waals surface area contributed by atoms with E-state index in [1.807, 2.05) is 0 Å². The monoisotopic (exact) mass is 554 g/mol. The number of benzene rings is 1. The summed E-state index contributed by atoms with van der Waals surface area (Å²) >= 11 is 0. The minimum Gasteiger partial charge on any atom is -0.365 e. The summed E-state index contributed by atoms with van der Waals surface area (Å²) < 4.78 is 83.4. The zero-order chi connectivity index (χ0) is 26.4. The molecule has 14 nitrogen and oxygen atoms in total. The van der Waals surface area contributed by atoms with Gasteiger partial charge in [0.1, 0.15) is 4.90 Å². The number of piperazine rings is 1. The molecule has 1 aliphatic rings. The van der Waals surface area contributed by atoms with Gasteiger partial charge in [0.2, 0.25) is 10.0 Å². The van der Waals surface area contributed by atoms with Crippen molar-refractivity contribution < 1.29 is 38.5 Å². The predicted octanol–water partition coefficient (Wildman–Crippen LogP) is -1.07. The summed E-state index contributed by atoms with van der Waals surface area (Å²) in [5.74, 6) is 2.24. The zero-order valence-electron chi connectivity index (χ0n) is 19.0. The highest BCUT2D eigenvalue weighted by molar-refractivity contribution is 7.89. The quantitative estimate of drug-likeness (QED) is 0.143. The molecule has 196 valence electrons. The lowest BCUT2D eigenvalue weighted by Gasteiger charge is -2.31. The van der Waals surface area contributed by atoms with Gasteiger partial charge in [0.15, 0.2) is 0 Å². The SMILES string of the molecule is C#Cc1cc([N+](=O)[O-])cc(S(=O)(=O)N2CCNCC2)c1N(CCOS(C)(=O)=O)CCOS(C)(=O)=O. The van der Waals surface area contributed by atoms with Crippen LogP contribution in [0.5, 0.6) is 0 Å². The molecular weight excluding hydrogens is 528 g/mol. The number of sulfonamides is 1. The first-order valence-corrected chi connectivity index (χ1v) is 15.2. The van der Waals surface area contributed by atoms with Gasteiger partial charge in [0.25, 0.3) is 25.9 Å². The summed E-state index contributed by atoms with van der Waals surface area (Å²) in [6, 6.07) is 1.88. The molecule has 0 aliphatic carbocycles. The molecule has 1 aromatic rings. The molecule has 1 N–H and O–H groups in total. The number of nitro benzene ring substituents is 1. The van der Waals surface area contributed by atoms with Gasteiger partial charge in [-0.25, -0.2) is 8.42 Å². The second-order valence-corrected chi connectivity index (χ2v) is 12.6. The summed E-state index contributed by atoms with van der Waals surface area (Å²) in [6.45, 7) is -0.459. The lowest BCUT2D eigenvalue weighted by molar-refractivity contribution is -0.385. The number of nitro groups is 1. The smallest absolute Gasteiger partial charge is 0.272 e. The minimum absolute atomic E-state index is 0.101. The Morgan fingerprint density at radius 3 is 2.00 bits per heavy atom. The van der Waals surface area contributed by atoms with Gasteiger partial charge < -0.3 is 10.2 Å². The van der Waals surface area contributed by atoms with Crippen LogP contribution in [0, 0.1) is 22.5 Å². The standard InChI is InChI=1S/C18H26N4O10S3/c1-4-15-13-16(22(23)24)14-17(35(29,30)21-7-5-19-6-8-21)18(15)20(9-11-31-33(2,25)26)10-12-32-34(3,27)28/h1,13-14,19H,5-12H2,2-3H3. The number of nitrogens with zero attached hydrogens (tertiary/aromatic N) is 3. The zero-order valence-corrected chi connectivity index (χ0v) is 21.5. The Bertz CT molecular complexity index is 1260. The molecular formula is C18H26N4O10S3. The highest BCUT2D eigenvalue weighted by atomic mass is 32.2. The van der Waals surface area contributed by atoms with E-state index in [4.69, 9.17) is 14.8 Å². The van der Waals surface area contributed by atoms with E-state index in [2.05, 4.69) is 11.2 Å². The third kappa shape index (κ3) is 8.38. The highest BCUT2D eigenvalue weighted by Gasteiger charge is 2.33. The van der Waals surface area contributed by atoms with Crippen molar-refractivity contribution in [1.29, 1.82) is 0 Å². The number of non-ortho nitro benzene ring substituents is 1. The Balaban J connectivity index is 2.65. The van der Waals surface area contributed by atoms with Gasteiger partial charge >= 0.3 is 0 Å². The van der Waals surface area contributed by atoms with E-state index in [0.29, 0.717) is 13.1 Å². The molecule has 1 aliphatic heterocycles. The fourth-order valence-electron chi connectivity index (χ4n) is 3.29. The summed E-state index contributed by atoms with van der Waals surface area (Å²) in [7, 11) is -12.0. The van der Waals surface area contributed by atoms with Crippen molar-refractivity contribution in [2.45, 2.75) is 4.90 Å². The fourth-order valence-corrected chi connectivity index (χ4v) is 5.74. The number of hydrogen-bond acceptors (Lipinski definition) is 12. The lowest BCUT2D eigenvalue weighted by Crippen LogP contribution is -2.46. The molecule has 0 bridgehead atoms. The first-order valence-electron chi connectivity index (χ1n) is 10.1. The molecule has 1 fully saturated rings. The average molecular weight is 555 g/mol. The van der Waals surface area contributed by atoms with Gasteiger partial charge in [-0.2, -0.15) is 21.1 Å². The molecule has 0 spiro atoms. The van der Waals surface area contributed by atoms with Crippen molar-refractivity contribution in [2.24, 2.45) is 0 Å². The van der Waals surface area contributed by atoms with Crippen LogP contribution in [0.15, 0.2) is 17.0 Å². The molecule has 17 heteroatoms. The van der Waals surface area contributed by atoms with Crippen LogP contribution in [0.25, 0.3) is 0 Å². The maximum absolute atomic E-state index is 13.5. The van der Waals surface area contributed by atoms with E-state index in [9.17, 15) is 35.4 Å². The van der Waals surface area contributed by atoms with E-state index < -0.39 is 59.0 Å². The van der Waals surface area contributed by atoms with Crippen molar-refractivity contribution in [3.63, 3.8) is 0 Å². The van der Waals surface area contributed by atoms with E-state index in [1.54, 1.807) is 0 Å². The highest BCUT2D eigenvalue weighted by Crippen LogP contribution is 2.35. The van der Waals surface area contributed by atoms with E-state index in [1.165, 1.54) is 4.90 Å². The Morgan fingerprint density at radius 2 is 1.57 bits per heavy atom. The van der Waals surface area contributed by atoms with Crippen LogP contribution in [0.3, 0.4) is 0 Å². The number of rotatable bonds is 12. The predicted molar refractivity (Wildman–Crippen MR) is 126 cm³/mol. The van der Waals surface area contributed by atoms with Crippen LogP contribution in [0.2, 0.25) is 0 Å². The maximum Gasteiger partial charge on any atom is 0.272 e. The van der Waals surface area contributed by atoms with Crippen molar-refractivity contribution in [2.75, 3.05) is 69.9 Å². The van der Waals surface area contributed by atoms with Gasteiger partial charge in [-0.3, -0.25) is 18.5 Å². The van der Waals surface area contributed by atoms with Gasteiger partial charge in [0, 0.05) is 51.4 Å². The molecule has 0 unspecified atom stereocenters. The third-order valence-corrected chi connectivity index (χ3v) is 7.85. The summed E-state index contributed by atoms with van der Waals surface area (Å²) in [5.41, 5.74) is -0.854. The molecule has 1 saturated heterocycles. The van der Waals surface area contributed by atoms with Crippen molar-refractivity contribution in [3.05, 3.63) is 27.8 Å². The summed E-state index contributed by atoms with van der Waals surface area (Å²) in [6.07, 6.45) is 7.22. The number of terminal acetylenes is 1. The van der Waals surface area contributed by atoms with Crippen LogP contribution < -0.4 is 10.2 Å². The Hall–Kier alpha value is -2.33. The minimum atomic E-state index is -4.30. The van der Waals surface area contributed by atoms with Gasteiger partial charge in [-0.15, -0.1) is 6.42 Å². The number of anilines is 1. The molecule has 1 heterocycles. The fraction of sp³-hybridized carbons (Fsp3) is 0.556. The average Bonchev–Trinajstić information content (AvgIpc) is 2.76. The molecule has 2 rings (SSSR count).